The highest BCUT2D eigenvalue weighted by molar-refractivity contribution is 5.94. The molecule has 1 heterocycles. The molecule has 0 radical (unpaired) electrons. The van der Waals surface area contributed by atoms with E-state index in [-0.39, 0.29) is 0 Å². The van der Waals surface area contributed by atoms with E-state index in [1.807, 2.05) is 24.3 Å². The van der Waals surface area contributed by atoms with Crippen molar-refractivity contribution in [3.8, 4) is 11.5 Å². The van der Waals surface area contributed by atoms with Crippen LogP contribution in [0.2, 0.25) is 0 Å². The molecule has 0 bridgehead atoms. The minimum atomic E-state index is 0.685. The molecule has 0 amide bonds. The molecule has 3 nitrogen and oxygen atoms in total. The van der Waals surface area contributed by atoms with Crippen LogP contribution in [0.1, 0.15) is 12.6 Å². The summed E-state index contributed by atoms with van der Waals surface area (Å²) in [7, 11) is 0. The molecule has 0 unspecified atom stereocenters. The third-order valence-corrected chi connectivity index (χ3v) is 3.13. The molecule has 2 aromatic carbocycles. The third-order valence-electron chi connectivity index (χ3n) is 3.13. The first kappa shape index (κ1) is 11.9. The van der Waals surface area contributed by atoms with E-state index in [1.165, 1.54) is 10.8 Å². The summed E-state index contributed by atoms with van der Waals surface area (Å²) in [4.78, 5) is 4.54. The van der Waals surface area contributed by atoms with Crippen molar-refractivity contribution in [2.24, 2.45) is 0 Å². The van der Waals surface area contributed by atoms with Gasteiger partial charge in [-0.25, -0.2) is 4.98 Å². The number of nitrogens with zero attached hydrogens (tertiary/aromatic N) is 1. The van der Waals surface area contributed by atoms with Crippen molar-refractivity contribution in [2.45, 2.75) is 13.5 Å². The molecule has 0 saturated heterocycles. The molecule has 96 valence electrons. The van der Waals surface area contributed by atoms with Crippen LogP contribution in [-0.4, -0.2) is 11.5 Å². The Morgan fingerprint density at radius 2 is 1.95 bits per heavy atom. The Morgan fingerprint density at radius 1 is 1.11 bits per heavy atom. The lowest BCUT2D eigenvalue weighted by atomic mass is 10.0. The lowest BCUT2D eigenvalue weighted by molar-refractivity contribution is 0.571. The second-order valence-corrected chi connectivity index (χ2v) is 4.45. The Labute approximate surface area is 112 Å². The molecule has 0 aliphatic carbocycles. The number of oxazole rings is 1. The van der Waals surface area contributed by atoms with E-state index in [2.05, 4.69) is 35.4 Å². The lowest BCUT2D eigenvalue weighted by Crippen LogP contribution is -2.11. The number of aromatic nitrogens is 1. The Morgan fingerprint density at radius 3 is 2.84 bits per heavy atom. The smallest absolute Gasteiger partial charge is 0.226 e. The summed E-state index contributed by atoms with van der Waals surface area (Å²) in [6.45, 7) is 3.74. The summed E-state index contributed by atoms with van der Waals surface area (Å²) in [6, 6.07) is 14.4. The van der Waals surface area contributed by atoms with E-state index in [4.69, 9.17) is 4.42 Å². The molecule has 3 heteroatoms. The predicted octanol–water partition coefficient (Wildman–Crippen LogP) is 3.60. The minimum absolute atomic E-state index is 0.685. The van der Waals surface area contributed by atoms with Gasteiger partial charge in [0.1, 0.15) is 6.26 Å². The summed E-state index contributed by atoms with van der Waals surface area (Å²) >= 11 is 0. The van der Waals surface area contributed by atoms with Crippen molar-refractivity contribution >= 4 is 10.8 Å². The average Bonchev–Trinajstić information content (AvgIpc) is 2.93. The summed E-state index contributed by atoms with van der Waals surface area (Å²) in [5.74, 6) is 0.685. The zero-order chi connectivity index (χ0) is 13.1. The normalized spacial score (nSPS) is 11.0. The topological polar surface area (TPSA) is 38.1 Å². The highest BCUT2D eigenvalue weighted by Crippen LogP contribution is 2.27. The SMILES string of the molecule is CCNCc1coc(-c2cccc3ccccc23)n1. The van der Waals surface area contributed by atoms with Crippen LogP contribution in [0.15, 0.2) is 53.1 Å². The molecule has 19 heavy (non-hydrogen) atoms. The van der Waals surface area contributed by atoms with Crippen molar-refractivity contribution in [3.05, 3.63) is 54.4 Å². The van der Waals surface area contributed by atoms with Gasteiger partial charge in [0, 0.05) is 12.1 Å². The lowest BCUT2D eigenvalue weighted by Gasteiger charge is -2.02. The van der Waals surface area contributed by atoms with Crippen LogP contribution in [0, 0.1) is 0 Å². The number of hydrogen-bond donors (Lipinski definition) is 1. The summed E-state index contributed by atoms with van der Waals surface area (Å²) in [5, 5.41) is 5.61. The highest BCUT2D eigenvalue weighted by Gasteiger charge is 2.09. The average molecular weight is 252 g/mol. The molecule has 0 spiro atoms. The summed E-state index contributed by atoms with van der Waals surface area (Å²) < 4.78 is 5.60. The Bertz CT molecular complexity index is 683. The van der Waals surface area contributed by atoms with E-state index >= 15 is 0 Å². The maximum Gasteiger partial charge on any atom is 0.226 e. The van der Waals surface area contributed by atoms with Crippen molar-refractivity contribution in [2.75, 3.05) is 6.54 Å². The van der Waals surface area contributed by atoms with Crippen LogP contribution >= 0.6 is 0 Å². The van der Waals surface area contributed by atoms with Gasteiger partial charge < -0.3 is 9.73 Å². The fraction of sp³-hybridized carbons (Fsp3) is 0.188. The van der Waals surface area contributed by atoms with E-state index in [0.717, 1.165) is 24.3 Å². The molecule has 1 N–H and O–H groups in total. The molecule has 0 saturated carbocycles. The minimum Gasteiger partial charge on any atom is -0.444 e. The summed E-state index contributed by atoms with van der Waals surface area (Å²) in [6.07, 6.45) is 1.72. The van der Waals surface area contributed by atoms with Gasteiger partial charge in [-0.3, -0.25) is 0 Å². The van der Waals surface area contributed by atoms with Gasteiger partial charge >= 0.3 is 0 Å². The van der Waals surface area contributed by atoms with Gasteiger partial charge in [-0.2, -0.15) is 0 Å². The molecule has 1 aromatic heterocycles. The second kappa shape index (κ2) is 5.24. The zero-order valence-electron chi connectivity index (χ0n) is 10.9. The molecular weight excluding hydrogens is 236 g/mol. The Hall–Kier alpha value is -2.13. The quantitative estimate of drug-likeness (QED) is 0.771. The van der Waals surface area contributed by atoms with E-state index in [9.17, 15) is 0 Å². The molecule has 0 atom stereocenters. The summed E-state index contributed by atoms with van der Waals surface area (Å²) in [5.41, 5.74) is 1.98. The van der Waals surface area contributed by atoms with Crippen molar-refractivity contribution < 1.29 is 4.42 Å². The first-order valence-corrected chi connectivity index (χ1v) is 6.51. The van der Waals surface area contributed by atoms with Crippen molar-refractivity contribution in [3.63, 3.8) is 0 Å². The van der Waals surface area contributed by atoms with Gasteiger partial charge in [-0.05, 0) is 23.4 Å². The number of benzene rings is 2. The number of nitrogens with one attached hydrogen (secondary N) is 1. The standard InChI is InChI=1S/C16H16N2O/c1-2-17-10-13-11-19-16(18-13)15-9-5-7-12-6-3-4-8-14(12)15/h3-9,11,17H,2,10H2,1H3. The van der Waals surface area contributed by atoms with Crippen LogP contribution in [0.3, 0.4) is 0 Å². The Kier molecular flexibility index (Phi) is 3.29. The third kappa shape index (κ3) is 2.37. The largest absolute Gasteiger partial charge is 0.444 e. The van der Waals surface area contributed by atoms with Gasteiger partial charge in [0.25, 0.3) is 0 Å². The number of hydrogen-bond acceptors (Lipinski definition) is 3. The second-order valence-electron chi connectivity index (χ2n) is 4.45. The monoisotopic (exact) mass is 252 g/mol. The number of fused-ring (bicyclic) bond motifs is 1. The molecule has 3 rings (SSSR count). The molecular formula is C16H16N2O. The van der Waals surface area contributed by atoms with E-state index < -0.39 is 0 Å². The van der Waals surface area contributed by atoms with E-state index in [1.54, 1.807) is 6.26 Å². The maximum absolute atomic E-state index is 5.60. The van der Waals surface area contributed by atoms with Crippen LogP contribution in [0.4, 0.5) is 0 Å². The van der Waals surface area contributed by atoms with E-state index in [0.29, 0.717) is 5.89 Å². The van der Waals surface area contributed by atoms with Crippen molar-refractivity contribution in [1.82, 2.24) is 10.3 Å². The van der Waals surface area contributed by atoms with Gasteiger partial charge in [-0.15, -0.1) is 0 Å². The first-order chi connectivity index (χ1) is 9.38. The van der Waals surface area contributed by atoms with Crippen LogP contribution in [0.25, 0.3) is 22.2 Å². The molecule has 0 aliphatic rings. The molecule has 0 fully saturated rings. The zero-order valence-corrected chi connectivity index (χ0v) is 10.9. The fourth-order valence-electron chi connectivity index (χ4n) is 2.18. The van der Waals surface area contributed by atoms with Crippen LogP contribution in [0.5, 0.6) is 0 Å². The maximum atomic E-state index is 5.60. The van der Waals surface area contributed by atoms with Crippen molar-refractivity contribution in [1.29, 1.82) is 0 Å². The van der Waals surface area contributed by atoms with Gasteiger partial charge in [0.05, 0.1) is 5.69 Å². The van der Waals surface area contributed by atoms with Crippen LogP contribution in [-0.2, 0) is 6.54 Å². The Balaban J connectivity index is 2.02. The van der Waals surface area contributed by atoms with Gasteiger partial charge in [0.15, 0.2) is 0 Å². The predicted molar refractivity (Wildman–Crippen MR) is 76.8 cm³/mol. The molecule has 0 aliphatic heterocycles. The van der Waals surface area contributed by atoms with Crippen LogP contribution < -0.4 is 5.32 Å². The number of rotatable bonds is 4. The molecule has 3 aromatic rings. The first-order valence-electron chi connectivity index (χ1n) is 6.51. The highest BCUT2D eigenvalue weighted by atomic mass is 16.3. The van der Waals surface area contributed by atoms with Gasteiger partial charge in [-0.1, -0.05) is 43.3 Å². The fourth-order valence-corrected chi connectivity index (χ4v) is 2.18. The van der Waals surface area contributed by atoms with Gasteiger partial charge in [0.2, 0.25) is 5.89 Å².